The van der Waals surface area contributed by atoms with Gasteiger partial charge in [-0.25, -0.2) is 4.79 Å². The molecule has 6 nitrogen and oxygen atoms in total. The molecule has 1 fully saturated rings. The second-order valence-corrected chi connectivity index (χ2v) is 7.25. The summed E-state index contributed by atoms with van der Waals surface area (Å²) in [4.78, 5) is 24.6. The van der Waals surface area contributed by atoms with Gasteiger partial charge in [-0.3, -0.25) is 10.1 Å². The monoisotopic (exact) mass is 372 g/mol. The molecule has 2 rings (SSSR count). The van der Waals surface area contributed by atoms with Crippen LogP contribution in [0.5, 0.6) is 5.75 Å². The lowest BCUT2D eigenvalue weighted by Crippen LogP contribution is -2.50. The Hall–Kier alpha value is -1.44. The quantitative estimate of drug-likeness (QED) is 0.659. The molecule has 1 aromatic rings. The predicted octanol–water partition coefficient (Wildman–Crippen LogP) is 1.69. The molecule has 1 aliphatic rings. The third-order valence-corrected chi connectivity index (χ3v) is 4.68. The Morgan fingerprint density at radius 1 is 1.50 bits per heavy atom. The number of thioether (sulfide) groups is 1. The number of phenolic OH excluding ortho intramolecular Hbond substituents is 1. The zero-order valence-corrected chi connectivity index (χ0v) is 15.1. The van der Waals surface area contributed by atoms with Crippen molar-refractivity contribution in [3.63, 3.8) is 0 Å². The average molecular weight is 373 g/mol. The summed E-state index contributed by atoms with van der Waals surface area (Å²) in [6.45, 7) is 3.51. The number of carbonyl (C=O) groups is 2. The maximum absolute atomic E-state index is 12.3. The van der Waals surface area contributed by atoms with Gasteiger partial charge in [-0.1, -0.05) is 17.7 Å². The minimum Gasteiger partial charge on any atom is -0.506 e. The van der Waals surface area contributed by atoms with Gasteiger partial charge in [0.05, 0.1) is 17.2 Å². The number of hydrogen-bond acceptors (Lipinski definition) is 6. The van der Waals surface area contributed by atoms with Crippen LogP contribution in [0.2, 0.25) is 5.02 Å². The Morgan fingerprint density at radius 2 is 2.25 bits per heavy atom. The van der Waals surface area contributed by atoms with Crippen molar-refractivity contribution in [2.24, 2.45) is 0 Å². The highest BCUT2D eigenvalue weighted by Crippen LogP contribution is 2.24. The number of esters is 1. The van der Waals surface area contributed by atoms with E-state index < -0.39 is 12.0 Å². The van der Waals surface area contributed by atoms with Gasteiger partial charge in [-0.2, -0.15) is 0 Å². The van der Waals surface area contributed by atoms with E-state index in [1.807, 2.05) is 0 Å². The number of amides is 1. The standard InChI is InChI=1S/C16H21ClN2O4S/c1-9(2)23-16(22)12(19-15(21)13-7-24-8-18-13)6-10-3-4-14(20)11(17)5-10/h3-5,9,12-13,18,20H,6-8H2,1-2H3,(H,19,21)/t12-,13-/m0/s1. The van der Waals surface area contributed by atoms with E-state index in [1.54, 1.807) is 37.7 Å². The van der Waals surface area contributed by atoms with Crippen LogP contribution in [0.15, 0.2) is 18.2 Å². The molecule has 1 aliphatic heterocycles. The molecule has 0 saturated carbocycles. The topological polar surface area (TPSA) is 87.7 Å². The lowest BCUT2D eigenvalue weighted by molar-refractivity contribution is -0.151. The summed E-state index contributed by atoms with van der Waals surface area (Å²) in [5.74, 6) is 0.636. The van der Waals surface area contributed by atoms with Crippen LogP contribution in [0.25, 0.3) is 0 Å². The van der Waals surface area contributed by atoms with Crippen LogP contribution in [0.4, 0.5) is 0 Å². The van der Waals surface area contributed by atoms with Gasteiger partial charge < -0.3 is 15.2 Å². The zero-order valence-electron chi connectivity index (χ0n) is 13.5. The molecular formula is C16H21ClN2O4S. The molecule has 1 saturated heterocycles. The van der Waals surface area contributed by atoms with E-state index in [0.29, 0.717) is 11.6 Å². The van der Waals surface area contributed by atoms with Gasteiger partial charge in [0.25, 0.3) is 0 Å². The zero-order chi connectivity index (χ0) is 17.7. The van der Waals surface area contributed by atoms with E-state index in [0.717, 1.165) is 5.56 Å². The second kappa shape index (κ2) is 8.60. The lowest BCUT2D eigenvalue weighted by atomic mass is 10.1. The summed E-state index contributed by atoms with van der Waals surface area (Å²) in [5.41, 5.74) is 0.720. The van der Waals surface area contributed by atoms with Crippen molar-refractivity contribution in [2.75, 3.05) is 11.6 Å². The van der Waals surface area contributed by atoms with Gasteiger partial charge >= 0.3 is 5.97 Å². The minimum absolute atomic E-state index is 0.0297. The molecule has 1 heterocycles. The summed E-state index contributed by atoms with van der Waals surface area (Å²) in [6.07, 6.45) is -0.0441. The molecule has 3 N–H and O–H groups in total. The molecule has 0 bridgehead atoms. The SMILES string of the molecule is CC(C)OC(=O)[C@H](Cc1ccc(O)c(Cl)c1)NC(=O)[C@@H]1CSCN1. The molecule has 24 heavy (non-hydrogen) atoms. The van der Waals surface area contributed by atoms with Crippen molar-refractivity contribution in [1.29, 1.82) is 0 Å². The van der Waals surface area contributed by atoms with Gasteiger partial charge in [0.2, 0.25) is 5.91 Å². The van der Waals surface area contributed by atoms with Crippen molar-refractivity contribution in [3.8, 4) is 5.75 Å². The van der Waals surface area contributed by atoms with E-state index in [1.165, 1.54) is 6.07 Å². The molecule has 1 amide bonds. The highest BCUT2D eigenvalue weighted by molar-refractivity contribution is 7.99. The van der Waals surface area contributed by atoms with E-state index in [4.69, 9.17) is 16.3 Å². The summed E-state index contributed by atoms with van der Waals surface area (Å²) in [7, 11) is 0. The van der Waals surface area contributed by atoms with Crippen molar-refractivity contribution in [2.45, 2.75) is 38.5 Å². The largest absolute Gasteiger partial charge is 0.506 e. The maximum atomic E-state index is 12.3. The third kappa shape index (κ3) is 5.29. The van der Waals surface area contributed by atoms with E-state index in [-0.39, 0.29) is 35.2 Å². The fourth-order valence-electron chi connectivity index (χ4n) is 2.26. The summed E-state index contributed by atoms with van der Waals surface area (Å²) in [5, 5.41) is 15.5. The van der Waals surface area contributed by atoms with Crippen LogP contribution >= 0.6 is 23.4 Å². The molecule has 132 valence electrons. The van der Waals surface area contributed by atoms with Crippen LogP contribution < -0.4 is 10.6 Å². The second-order valence-electron chi connectivity index (χ2n) is 5.81. The number of ether oxygens (including phenoxy) is 1. The number of hydrogen-bond donors (Lipinski definition) is 3. The van der Waals surface area contributed by atoms with Gasteiger partial charge in [0.15, 0.2) is 0 Å². The first-order chi connectivity index (χ1) is 11.4. The minimum atomic E-state index is -0.812. The lowest BCUT2D eigenvalue weighted by Gasteiger charge is -2.21. The first kappa shape index (κ1) is 18.9. The first-order valence-corrected chi connectivity index (χ1v) is 9.19. The predicted molar refractivity (Wildman–Crippen MR) is 94.2 cm³/mol. The molecule has 0 aliphatic carbocycles. The molecule has 2 atom stereocenters. The Balaban J connectivity index is 2.10. The molecule has 0 radical (unpaired) electrons. The van der Waals surface area contributed by atoms with Crippen LogP contribution in [0.1, 0.15) is 19.4 Å². The van der Waals surface area contributed by atoms with Crippen LogP contribution in [-0.4, -0.2) is 46.8 Å². The third-order valence-electron chi connectivity index (χ3n) is 3.44. The summed E-state index contributed by atoms with van der Waals surface area (Å²) in [6, 6.07) is 3.56. The molecule has 8 heteroatoms. The highest BCUT2D eigenvalue weighted by atomic mass is 35.5. The summed E-state index contributed by atoms with van der Waals surface area (Å²) < 4.78 is 5.24. The number of benzene rings is 1. The van der Waals surface area contributed by atoms with Crippen molar-refractivity contribution in [3.05, 3.63) is 28.8 Å². The smallest absolute Gasteiger partial charge is 0.329 e. The Morgan fingerprint density at radius 3 is 2.83 bits per heavy atom. The van der Waals surface area contributed by atoms with Gasteiger partial charge in [0.1, 0.15) is 11.8 Å². The van der Waals surface area contributed by atoms with Crippen LogP contribution in [0.3, 0.4) is 0 Å². The molecule has 1 aromatic carbocycles. The highest BCUT2D eigenvalue weighted by Gasteiger charge is 2.29. The number of carbonyl (C=O) groups excluding carboxylic acids is 2. The molecule has 0 unspecified atom stereocenters. The average Bonchev–Trinajstić information content (AvgIpc) is 3.04. The normalized spacial score (nSPS) is 18.4. The molecule has 0 spiro atoms. The fourth-order valence-corrected chi connectivity index (χ4v) is 3.40. The Kier molecular flexibility index (Phi) is 6.77. The molecular weight excluding hydrogens is 352 g/mol. The van der Waals surface area contributed by atoms with Gasteiger partial charge in [-0.05, 0) is 31.5 Å². The number of rotatable bonds is 6. The first-order valence-electron chi connectivity index (χ1n) is 7.66. The van der Waals surface area contributed by atoms with Gasteiger partial charge in [0, 0.05) is 18.1 Å². The van der Waals surface area contributed by atoms with E-state index in [9.17, 15) is 14.7 Å². The number of aromatic hydroxyl groups is 1. The van der Waals surface area contributed by atoms with Crippen molar-refractivity contribution >= 4 is 35.2 Å². The van der Waals surface area contributed by atoms with Crippen molar-refractivity contribution < 1.29 is 19.4 Å². The Labute approximate surface area is 150 Å². The van der Waals surface area contributed by atoms with Crippen molar-refractivity contribution in [1.82, 2.24) is 10.6 Å². The fraction of sp³-hybridized carbons (Fsp3) is 0.500. The van der Waals surface area contributed by atoms with Crippen LogP contribution in [0, 0.1) is 0 Å². The Bertz CT molecular complexity index is 606. The molecule has 0 aromatic heterocycles. The number of halogens is 1. The van der Waals surface area contributed by atoms with E-state index >= 15 is 0 Å². The maximum Gasteiger partial charge on any atom is 0.329 e. The van der Waals surface area contributed by atoms with Gasteiger partial charge in [-0.15, -0.1) is 11.8 Å². The number of nitrogens with one attached hydrogen (secondary N) is 2. The summed E-state index contributed by atoms with van der Waals surface area (Å²) >= 11 is 7.54. The number of phenols is 1. The van der Waals surface area contributed by atoms with Crippen LogP contribution in [-0.2, 0) is 20.7 Å². The van der Waals surface area contributed by atoms with E-state index in [2.05, 4.69) is 10.6 Å².